The van der Waals surface area contributed by atoms with Gasteiger partial charge in [-0.1, -0.05) is 11.6 Å². The third-order valence-corrected chi connectivity index (χ3v) is 3.59. The van der Waals surface area contributed by atoms with Gasteiger partial charge in [-0.25, -0.2) is 18.7 Å². The second-order valence-electron chi connectivity index (χ2n) is 5.04. The van der Waals surface area contributed by atoms with Crippen LogP contribution in [0, 0.1) is 6.92 Å². The fourth-order valence-electron chi connectivity index (χ4n) is 2.05. The van der Waals surface area contributed by atoms with Gasteiger partial charge >= 0.3 is 6.01 Å². The van der Waals surface area contributed by atoms with Gasteiger partial charge in [-0.2, -0.15) is 0 Å². The van der Waals surface area contributed by atoms with Gasteiger partial charge in [0.1, 0.15) is 6.61 Å². The van der Waals surface area contributed by atoms with Crippen molar-refractivity contribution in [3.63, 3.8) is 0 Å². The molecule has 9 heteroatoms. The molecule has 24 heavy (non-hydrogen) atoms. The maximum absolute atomic E-state index is 12.9. The van der Waals surface area contributed by atoms with Gasteiger partial charge in [0.2, 0.25) is 0 Å². The highest BCUT2D eigenvalue weighted by Gasteiger charge is 2.18. The van der Waals surface area contributed by atoms with E-state index in [1.165, 1.54) is 12.1 Å². The van der Waals surface area contributed by atoms with Crippen molar-refractivity contribution < 1.29 is 13.5 Å². The summed E-state index contributed by atoms with van der Waals surface area (Å²) in [6.45, 7) is 2.04. The lowest BCUT2D eigenvalue weighted by molar-refractivity contribution is 0.151. The number of hydrogen-bond donors (Lipinski definition) is 2. The van der Waals surface area contributed by atoms with Gasteiger partial charge in [0.25, 0.3) is 6.43 Å². The van der Waals surface area contributed by atoms with Crippen molar-refractivity contribution in [2.24, 2.45) is 0 Å². The zero-order valence-corrected chi connectivity index (χ0v) is 13.4. The van der Waals surface area contributed by atoms with Crippen molar-refractivity contribution in [1.82, 2.24) is 20.9 Å². The van der Waals surface area contributed by atoms with E-state index >= 15 is 0 Å². The second-order valence-corrected chi connectivity index (χ2v) is 5.44. The molecule has 0 saturated heterocycles. The number of alkyl halides is 2. The largest absolute Gasteiger partial charge is 0.457 e. The average Bonchev–Trinajstić information content (AvgIpc) is 3.02. The highest BCUT2D eigenvalue weighted by molar-refractivity contribution is 6.31. The molecular formula is C15H14ClF2N5O. The average molecular weight is 354 g/mol. The number of aromatic nitrogens is 2. The van der Waals surface area contributed by atoms with Crippen LogP contribution in [-0.2, 0) is 0 Å². The van der Waals surface area contributed by atoms with E-state index in [9.17, 15) is 8.78 Å². The highest BCUT2D eigenvalue weighted by atomic mass is 35.5. The van der Waals surface area contributed by atoms with Gasteiger partial charge in [0.05, 0.1) is 11.4 Å². The minimum absolute atomic E-state index is 0.0324. The first kappa shape index (κ1) is 16.4. The van der Waals surface area contributed by atoms with Crippen molar-refractivity contribution >= 4 is 17.3 Å². The van der Waals surface area contributed by atoms with Crippen molar-refractivity contribution in [3.05, 3.63) is 58.6 Å². The summed E-state index contributed by atoms with van der Waals surface area (Å²) in [5.74, 6) is 0. The molecule has 2 N–H and O–H groups in total. The number of anilines is 1. The molecule has 0 radical (unpaired) electrons. The van der Waals surface area contributed by atoms with Gasteiger partial charge in [-0.15, -0.1) is 5.53 Å². The van der Waals surface area contributed by atoms with Crippen LogP contribution in [0.3, 0.4) is 0 Å². The van der Waals surface area contributed by atoms with Gasteiger partial charge < -0.3 is 10.2 Å². The van der Waals surface area contributed by atoms with E-state index < -0.39 is 6.43 Å². The topological polar surface area (TPSA) is 62.3 Å². The molecule has 1 aliphatic heterocycles. The van der Waals surface area contributed by atoms with Gasteiger partial charge in [0.15, 0.2) is 0 Å². The molecule has 0 amide bonds. The number of halogens is 3. The minimum atomic E-state index is -2.64. The SMILES string of the molecule is Cc1ccnc(OCC2=CN(c3ccc(Cl)c(C(F)F)c3)NN2)n1. The smallest absolute Gasteiger partial charge is 0.316 e. The molecule has 6 nitrogen and oxygen atoms in total. The predicted molar refractivity (Wildman–Crippen MR) is 85.5 cm³/mol. The summed E-state index contributed by atoms with van der Waals surface area (Å²) in [6, 6.07) is 6.42. The number of nitrogens with zero attached hydrogens (tertiary/aromatic N) is 3. The Kier molecular flexibility index (Phi) is 4.77. The summed E-state index contributed by atoms with van der Waals surface area (Å²) in [7, 11) is 0. The lowest BCUT2D eigenvalue weighted by Gasteiger charge is -2.16. The van der Waals surface area contributed by atoms with Crippen molar-refractivity contribution in [1.29, 1.82) is 0 Å². The summed E-state index contributed by atoms with van der Waals surface area (Å²) < 4.78 is 31.3. The standard InChI is InChI=1S/C15H14ClF2N5O/c1-9-4-5-19-15(20-9)24-8-10-7-23(22-21-10)11-2-3-13(16)12(6-11)14(17)18/h2-7,14,21-22H,8H2,1H3. The number of hydrazine groups is 2. The van der Waals surface area contributed by atoms with Crippen LogP contribution in [0.4, 0.5) is 14.5 Å². The zero-order chi connectivity index (χ0) is 17.1. The molecule has 1 aromatic carbocycles. The molecule has 0 unspecified atom stereocenters. The fraction of sp³-hybridized carbons (Fsp3) is 0.200. The lowest BCUT2D eigenvalue weighted by Crippen LogP contribution is -2.37. The first-order valence-corrected chi connectivity index (χ1v) is 7.42. The number of aryl methyl sites for hydroxylation is 1. The van der Waals surface area contributed by atoms with Crippen LogP contribution in [0.25, 0.3) is 0 Å². The van der Waals surface area contributed by atoms with Crippen LogP contribution in [0.5, 0.6) is 6.01 Å². The molecule has 0 saturated carbocycles. The molecule has 1 aromatic heterocycles. The van der Waals surface area contributed by atoms with E-state index in [1.807, 2.05) is 6.92 Å². The van der Waals surface area contributed by atoms with E-state index in [1.54, 1.807) is 29.5 Å². The third-order valence-electron chi connectivity index (χ3n) is 3.24. The summed E-state index contributed by atoms with van der Waals surface area (Å²) in [5, 5.41) is 1.59. The molecule has 2 aromatic rings. The number of hydrogen-bond acceptors (Lipinski definition) is 6. The number of rotatable bonds is 5. The molecule has 0 aliphatic carbocycles. The molecule has 3 rings (SSSR count). The summed E-state index contributed by atoms with van der Waals surface area (Å²) >= 11 is 5.77. The summed E-state index contributed by atoms with van der Waals surface area (Å²) in [4.78, 5) is 8.13. The zero-order valence-electron chi connectivity index (χ0n) is 12.6. The Morgan fingerprint density at radius 3 is 2.92 bits per heavy atom. The maximum Gasteiger partial charge on any atom is 0.316 e. The van der Waals surface area contributed by atoms with Gasteiger partial charge in [-0.3, -0.25) is 5.01 Å². The van der Waals surface area contributed by atoms with E-state index in [0.717, 1.165) is 5.69 Å². The van der Waals surface area contributed by atoms with Crippen LogP contribution in [0.2, 0.25) is 5.02 Å². The molecule has 1 aliphatic rings. The molecule has 0 bridgehead atoms. The second kappa shape index (κ2) is 6.98. The van der Waals surface area contributed by atoms with E-state index in [-0.39, 0.29) is 23.2 Å². The minimum Gasteiger partial charge on any atom is -0.457 e. The van der Waals surface area contributed by atoms with Crippen LogP contribution in [0.15, 0.2) is 42.4 Å². The number of ether oxygens (including phenoxy) is 1. The van der Waals surface area contributed by atoms with Gasteiger partial charge in [-0.05, 0) is 31.2 Å². The normalized spacial score (nSPS) is 13.9. The van der Waals surface area contributed by atoms with E-state index in [4.69, 9.17) is 16.3 Å². The third kappa shape index (κ3) is 3.72. The van der Waals surface area contributed by atoms with E-state index in [0.29, 0.717) is 11.4 Å². The molecule has 0 atom stereocenters. The van der Waals surface area contributed by atoms with Crippen LogP contribution < -0.4 is 20.7 Å². The first-order valence-electron chi connectivity index (χ1n) is 7.04. The monoisotopic (exact) mass is 353 g/mol. The molecular weight excluding hydrogens is 340 g/mol. The van der Waals surface area contributed by atoms with Gasteiger partial charge in [0, 0.05) is 28.7 Å². The van der Waals surface area contributed by atoms with Crippen LogP contribution in [-0.4, -0.2) is 16.6 Å². The Bertz CT molecular complexity index is 771. The Morgan fingerprint density at radius 1 is 1.33 bits per heavy atom. The molecule has 0 spiro atoms. The van der Waals surface area contributed by atoms with E-state index in [2.05, 4.69) is 20.9 Å². The molecule has 126 valence electrons. The van der Waals surface area contributed by atoms with Crippen LogP contribution in [0.1, 0.15) is 17.7 Å². The molecule has 2 heterocycles. The Labute approximate surface area is 142 Å². The summed E-state index contributed by atoms with van der Waals surface area (Å²) in [5.41, 5.74) is 7.51. The fourth-order valence-corrected chi connectivity index (χ4v) is 2.25. The quantitative estimate of drug-likeness (QED) is 0.861. The van der Waals surface area contributed by atoms with Crippen molar-refractivity contribution in [3.8, 4) is 6.01 Å². The Morgan fingerprint density at radius 2 is 2.17 bits per heavy atom. The van der Waals surface area contributed by atoms with Crippen LogP contribution >= 0.6 is 11.6 Å². The first-order chi connectivity index (χ1) is 11.5. The highest BCUT2D eigenvalue weighted by Crippen LogP contribution is 2.31. The maximum atomic E-state index is 12.9. The van der Waals surface area contributed by atoms with Crippen molar-refractivity contribution in [2.45, 2.75) is 13.3 Å². The lowest BCUT2D eigenvalue weighted by atomic mass is 10.2. The predicted octanol–water partition coefficient (Wildman–Crippen LogP) is 3.13. The molecule has 0 fully saturated rings. The number of nitrogens with one attached hydrogen (secondary N) is 2. The summed E-state index contributed by atoms with van der Waals surface area (Å²) in [6.07, 6.45) is 0.658. The number of benzene rings is 1. The Balaban J connectivity index is 1.68. The Hall–Kier alpha value is -2.45. The van der Waals surface area contributed by atoms with Crippen molar-refractivity contribution in [2.75, 3.05) is 11.6 Å².